The summed E-state index contributed by atoms with van der Waals surface area (Å²) in [5.74, 6) is 2.66. The van der Waals surface area contributed by atoms with Crippen molar-refractivity contribution >= 4 is 17.7 Å². The summed E-state index contributed by atoms with van der Waals surface area (Å²) < 4.78 is 0. The van der Waals surface area contributed by atoms with Crippen molar-refractivity contribution in [1.82, 2.24) is 4.98 Å². The molecule has 0 spiro atoms. The van der Waals surface area contributed by atoms with Crippen LogP contribution in [0.5, 0.6) is 0 Å². The number of pyridine rings is 1. The Morgan fingerprint density at radius 3 is 2.57 bits per heavy atom. The van der Waals surface area contributed by atoms with Crippen LogP contribution in [0.3, 0.4) is 0 Å². The highest BCUT2D eigenvalue weighted by Crippen LogP contribution is 2.36. The number of thioether (sulfide) groups is 1. The quantitative estimate of drug-likeness (QED) is 0.693. The lowest BCUT2D eigenvalue weighted by Gasteiger charge is -2.23. The van der Waals surface area contributed by atoms with Crippen molar-refractivity contribution < 1.29 is 4.79 Å². The molecule has 1 amide bonds. The fourth-order valence-corrected chi connectivity index (χ4v) is 3.84. The number of carbonyl (C=O) groups is 1. The Labute approximate surface area is 140 Å². The zero-order chi connectivity index (χ0) is 16.2. The fraction of sp³-hybridized carbons (Fsp3) is 0.263. The summed E-state index contributed by atoms with van der Waals surface area (Å²) in [5, 5.41) is 0.662. The Morgan fingerprint density at radius 2 is 1.91 bits per heavy atom. The third-order valence-corrected chi connectivity index (χ3v) is 4.95. The Morgan fingerprint density at radius 1 is 1.22 bits per heavy atom. The highest BCUT2D eigenvalue weighted by atomic mass is 32.2. The number of hydrogen-bond acceptors (Lipinski definition) is 3. The van der Waals surface area contributed by atoms with E-state index in [0.29, 0.717) is 16.3 Å². The third kappa shape index (κ3) is 3.11. The summed E-state index contributed by atoms with van der Waals surface area (Å²) in [7, 11) is 0. The normalized spacial score (nSPS) is 13.2. The summed E-state index contributed by atoms with van der Waals surface area (Å²) >= 11 is 1.41. The number of hydrogen-bond donors (Lipinski definition) is 1. The van der Waals surface area contributed by atoms with Gasteiger partial charge in [-0.3, -0.25) is 4.79 Å². The van der Waals surface area contributed by atoms with Gasteiger partial charge in [0, 0.05) is 5.56 Å². The Balaban J connectivity index is 2.24. The minimum Gasteiger partial charge on any atom is -0.366 e. The van der Waals surface area contributed by atoms with Gasteiger partial charge in [0.05, 0.1) is 17.0 Å². The van der Waals surface area contributed by atoms with E-state index in [1.54, 1.807) is 0 Å². The van der Waals surface area contributed by atoms with E-state index in [4.69, 9.17) is 17.1 Å². The number of nitrogens with two attached hydrogens (primary N) is 1. The maximum absolute atomic E-state index is 12.0. The van der Waals surface area contributed by atoms with Gasteiger partial charge in [-0.25, -0.2) is 4.98 Å². The predicted molar refractivity (Wildman–Crippen MR) is 94.4 cm³/mol. The van der Waals surface area contributed by atoms with Crippen LogP contribution in [0.1, 0.15) is 34.3 Å². The molecule has 1 aromatic carbocycles. The fourth-order valence-electron chi connectivity index (χ4n) is 3.10. The van der Waals surface area contributed by atoms with E-state index >= 15 is 0 Å². The van der Waals surface area contributed by atoms with Crippen molar-refractivity contribution in [3.8, 4) is 23.6 Å². The summed E-state index contributed by atoms with van der Waals surface area (Å²) in [5.41, 5.74) is 10.5. The second-order valence-electron chi connectivity index (χ2n) is 5.53. The standard InChI is InChI=1S/C19H18N2OS/c1-2-12-23-19-16(18(20)22)14-10-6-7-11-15(14)17(21-19)13-8-4-3-5-9-13/h1,3-5,8-9H,6-7,10-12H2,(H2,20,22). The SMILES string of the molecule is C#CCSc1nc(-c2ccccc2)c2c(c1C(N)=O)CCCC2. The molecule has 0 bridgehead atoms. The van der Waals surface area contributed by atoms with Crippen LogP contribution in [0.4, 0.5) is 0 Å². The number of rotatable bonds is 4. The number of carbonyl (C=O) groups excluding carboxylic acids is 1. The average molecular weight is 322 g/mol. The van der Waals surface area contributed by atoms with Gasteiger partial charge in [0.1, 0.15) is 5.03 Å². The second kappa shape index (κ2) is 6.89. The number of amides is 1. The maximum Gasteiger partial charge on any atom is 0.251 e. The molecule has 1 heterocycles. The Bertz CT molecular complexity index is 778. The maximum atomic E-state index is 12.0. The van der Waals surface area contributed by atoms with Crippen LogP contribution in [-0.4, -0.2) is 16.6 Å². The zero-order valence-electron chi connectivity index (χ0n) is 12.8. The predicted octanol–water partition coefficient (Wildman–Crippen LogP) is 3.45. The molecule has 3 rings (SSSR count). The minimum absolute atomic E-state index is 0.408. The molecule has 0 aliphatic heterocycles. The molecule has 0 unspecified atom stereocenters. The average Bonchev–Trinajstić information content (AvgIpc) is 2.59. The van der Waals surface area contributed by atoms with Gasteiger partial charge in [-0.15, -0.1) is 6.42 Å². The largest absolute Gasteiger partial charge is 0.366 e. The van der Waals surface area contributed by atoms with Crippen LogP contribution < -0.4 is 5.73 Å². The van der Waals surface area contributed by atoms with Gasteiger partial charge in [-0.1, -0.05) is 48.0 Å². The van der Waals surface area contributed by atoms with Crippen molar-refractivity contribution in [2.75, 3.05) is 5.75 Å². The van der Waals surface area contributed by atoms with Crippen molar-refractivity contribution in [2.45, 2.75) is 30.7 Å². The van der Waals surface area contributed by atoms with E-state index in [-0.39, 0.29) is 0 Å². The molecule has 2 aromatic rings. The summed E-state index contributed by atoms with van der Waals surface area (Å²) in [6.45, 7) is 0. The Kier molecular flexibility index (Phi) is 4.68. The number of terminal acetylenes is 1. The van der Waals surface area contributed by atoms with Gasteiger partial charge < -0.3 is 5.73 Å². The minimum atomic E-state index is -0.408. The topological polar surface area (TPSA) is 56.0 Å². The monoisotopic (exact) mass is 322 g/mol. The number of aromatic nitrogens is 1. The first kappa shape index (κ1) is 15.6. The van der Waals surface area contributed by atoms with E-state index in [9.17, 15) is 4.79 Å². The van der Waals surface area contributed by atoms with Crippen LogP contribution in [0.25, 0.3) is 11.3 Å². The van der Waals surface area contributed by atoms with Crippen LogP contribution in [0, 0.1) is 12.3 Å². The first-order valence-corrected chi connectivity index (χ1v) is 8.68. The molecular formula is C19H18N2OS. The van der Waals surface area contributed by atoms with Crippen molar-refractivity contribution in [1.29, 1.82) is 0 Å². The van der Waals surface area contributed by atoms with Crippen LogP contribution in [0.2, 0.25) is 0 Å². The highest BCUT2D eigenvalue weighted by Gasteiger charge is 2.25. The third-order valence-electron chi connectivity index (χ3n) is 4.07. The van der Waals surface area contributed by atoms with Crippen molar-refractivity contribution in [2.24, 2.45) is 5.73 Å². The molecule has 116 valence electrons. The molecule has 2 N–H and O–H groups in total. The van der Waals surface area contributed by atoms with E-state index in [1.807, 2.05) is 18.2 Å². The van der Waals surface area contributed by atoms with Crippen LogP contribution >= 0.6 is 11.8 Å². The number of benzene rings is 1. The summed E-state index contributed by atoms with van der Waals surface area (Å²) in [4.78, 5) is 16.8. The molecule has 0 atom stereocenters. The lowest BCUT2D eigenvalue weighted by Crippen LogP contribution is -2.20. The van der Waals surface area contributed by atoms with Gasteiger partial charge in [0.15, 0.2) is 0 Å². The molecule has 1 aliphatic rings. The lowest BCUT2D eigenvalue weighted by atomic mass is 9.86. The molecule has 0 saturated carbocycles. The van der Waals surface area contributed by atoms with Gasteiger partial charge in [0.25, 0.3) is 5.91 Å². The smallest absolute Gasteiger partial charge is 0.251 e. The van der Waals surface area contributed by atoms with Crippen LogP contribution in [-0.2, 0) is 12.8 Å². The second-order valence-corrected chi connectivity index (χ2v) is 6.49. The molecule has 0 radical (unpaired) electrons. The first-order valence-electron chi connectivity index (χ1n) is 7.69. The zero-order valence-corrected chi connectivity index (χ0v) is 13.7. The number of nitrogens with zero attached hydrogens (tertiary/aromatic N) is 1. The van der Waals surface area contributed by atoms with Crippen molar-refractivity contribution in [3.05, 3.63) is 47.0 Å². The van der Waals surface area contributed by atoms with Crippen molar-refractivity contribution in [3.63, 3.8) is 0 Å². The van der Waals surface area contributed by atoms with Gasteiger partial charge in [0.2, 0.25) is 0 Å². The van der Waals surface area contributed by atoms with Crippen LogP contribution in [0.15, 0.2) is 35.4 Å². The van der Waals surface area contributed by atoms with Gasteiger partial charge in [-0.05, 0) is 36.8 Å². The van der Waals surface area contributed by atoms with E-state index in [2.05, 4.69) is 18.1 Å². The first-order chi connectivity index (χ1) is 11.2. The highest BCUT2D eigenvalue weighted by molar-refractivity contribution is 7.99. The van der Waals surface area contributed by atoms with Gasteiger partial charge in [-0.2, -0.15) is 0 Å². The molecule has 23 heavy (non-hydrogen) atoms. The molecule has 4 heteroatoms. The molecule has 1 aromatic heterocycles. The van der Waals surface area contributed by atoms with E-state index in [0.717, 1.165) is 42.5 Å². The Hall–Kier alpha value is -2.25. The summed E-state index contributed by atoms with van der Waals surface area (Å²) in [6, 6.07) is 10.1. The van der Waals surface area contributed by atoms with E-state index in [1.165, 1.54) is 17.3 Å². The molecule has 0 saturated heterocycles. The number of fused-ring (bicyclic) bond motifs is 1. The molecule has 0 fully saturated rings. The summed E-state index contributed by atoms with van der Waals surface area (Å²) in [6.07, 6.45) is 9.38. The molecule has 1 aliphatic carbocycles. The number of primary amides is 1. The molecular weight excluding hydrogens is 304 g/mol. The lowest BCUT2D eigenvalue weighted by molar-refractivity contribution is 0.0995. The van der Waals surface area contributed by atoms with Gasteiger partial charge >= 0.3 is 0 Å². The molecule has 3 nitrogen and oxygen atoms in total. The van der Waals surface area contributed by atoms with E-state index < -0.39 is 5.91 Å².